The summed E-state index contributed by atoms with van der Waals surface area (Å²) in [6.45, 7) is 1.93. The number of carbonyl (C=O) groups excluding carboxylic acids is 2. The van der Waals surface area contributed by atoms with Crippen LogP contribution in [0.4, 0.5) is 5.69 Å². The van der Waals surface area contributed by atoms with Crippen LogP contribution in [0.1, 0.15) is 23.2 Å². The van der Waals surface area contributed by atoms with Crippen LogP contribution in [0, 0.1) is 0 Å². The van der Waals surface area contributed by atoms with E-state index < -0.39 is 5.97 Å². The van der Waals surface area contributed by atoms with Crippen molar-refractivity contribution >= 4 is 17.6 Å². The molecule has 7 heteroatoms. The van der Waals surface area contributed by atoms with Crippen molar-refractivity contribution in [3.8, 4) is 0 Å². The number of ether oxygens (including phenoxy) is 1. The van der Waals surface area contributed by atoms with Crippen LogP contribution in [0.25, 0.3) is 0 Å². The average molecular weight is 277 g/mol. The van der Waals surface area contributed by atoms with Crippen LogP contribution in [0.5, 0.6) is 0 Å². The van der Waals surface area contributed by atoms with Crippen molar-refractivity contribution in [3.63, 3.8) is 0 Å². The van der Waals surface area contributed by atoms with Crippen molar-refractivity contribution in [3.05, 3.63) is 36.0 Å². The van der Waals surface area contributed by atoms with Crippen LogP contribution in [0.2, 0.25) is 0 Å². The smallest absolute Gasteiger partial charge is 0.327 e. The number of furan rings is 1. The Balaban J connectivity index is 1.99. The van der Waals surface area contributed by atoms with Gasteiger partial charge in [-0.05, 0) is 12.1 Å². The zero-order chi connectivity index (χ0) is 14.5. The van der Waals surface area contributed by atoms with E-state index in [1.807, 2.05) is 6.92 Å². The van der Waals surface area contributed by atoms with Gasteiger partial charge in [0.05, 0.1) is 19.0 Å². The standard InChI is InChI=1S/C13H15N3O4/c1-3-10-4-5-11(20-10)13(18)15-9-6-14-16(7-9)8-12(17)19-2/h4-7H,3,8H2,1-2H3,(H,15,18). The number of nitrogens with zero attached hydrogens (tertiary/aromatic N) is 2. The first kappa shape index (κ1) is 13.9. The maximum Gasteiger partial charge on any atom is 0.327 e. The fourth-order valence-corrected chi connectivity index (χ4v) is 1.59. The third kappa shape index (κ3) is 3.25. The van der Waals surface area contributed by atoms with Crippen LogP contribution < -0.4 is 5.32 Å². The molecule has 0 unspecified atom stereocenters. The molecule has 1 N–H and O–H groups in total. The van der Waals surface area contributed by atoms with E-state index in [1.165, 1.54) is 18.0 Å². The Hall–Kier alpha value is -2.57. The Kier molecular flexibility index (Phi) is 4.19. The summed E-state index contributed by atoms with van der Waals surface area (Å²) in [6.07, 6.45) is 3.72. The number of hydrogen-bond donors (Lipinski definition) is 1. The van der Waals surface area contributed by atoms with Crippen molar-refractivity contribution < 1.29 is 18.7 Å². The fourth-order valence-electron chi connectivity index (χ4n) is 1.59. The number of nitrogens with one attached hydrogen (secondary N) is 1. The molecule has 2 rings (SSSR count). The minimum absolute atomic E-state index is 0.00684. The summed E-state index contributed by atoms with van der Waals surface area (Å²) in [5, 5.41) is 6.58. The van der Waals surface area contributed by atoms with E-state index >= 15 is 0 Å². The molecule has 0 saturated carbocycles. The quantitative estimate of drug-likeness (QED) is 0.836. The van der Waals surface area contributed by atoms with Gasteiger partial charge in [0.2, 0.25) is 0 Å². The lowest BCUT2D eigenvalue weighted by atomic mass is 10.3. The number of aromatic nitrogens is 2. The van der Waals surface area contributed by atoms with Crippen molar-refractivity contribution in [2.75, 3.05) is 12.4 Å². The van der Waals surface area contributed by atoms with Gasteiger partial charge in [-0.3, -0.25) is 14.3 Å². The highest BCUT2D eigenvalue weighted by molar-refractivity contribution is 6.02. The summed E-state index contributed by atoms with van der Waals surface area (Å²) >= 11 is 0. The minimum Gasteiger partial charge on any atom is -0.468 e. The predicted molar refractivity (Wildman–Crippen MR) is 70.3 cm³/mol. The molecule has 0 radical (unpaired) electrons. The third-order valence-electron chi connectivity index (χ3n) is 2.64. The molecule has 0 aliphatic rings. The first-order chi connectivity index (χ1) is 9.62. The zero-order valence-electron chi connectivity index (χ0n) is 11.3. The van der Waals surface area contributed by atoms with E-state index in [0.29, 0.717) is 5.69 Å². The predicted octanol–water partition coefficient (Wildman–Crippen LogP) is 1.46. The molecule has 1 amide bonds. The number of anilines is 1. The van der Waals surface area contributed by atoms with Gasteiger partial charge >= 0.3 is 5.97 Å². The number of hydrogen-bond acceptors (Lipinski definition) is 5. The van der Waals surface area contributed by atoms with Crippen LogP contribution in [0.3, 0.4) is 0 Å². The molecule has 0 spiro atoms. The van der Waals surface area contributed by atoms with E-state index in [4.69, 9.17) is 4.42 Å². The Morgan fingerprint density at radius 1 is 1.45 bits per heavy atom. The maximum absolute atomic E-state index is 11.9. The van der Waals surface area contributed by atoms with Gasteiger partial charge in [-0.15, -0.1) is 0 Å². The summed E-state index contributed by atoms with van der Waals surface area (Å²) < 4.78 is 11.2. The number of methoxy groups -OCH3 is 1. The SMILES string of the molecule is CCc1ccc(C(=O)Nc2cnn(CC(=O)OC)c2)o1. The van der Waals surface area contributed by atoms with Crippen LogP contribution in [-0.4, -0.2) is 28.8 Å². The molecule has 0 aliphatic heterocycles. The Bertz CT molecular complexity index is 615. The van der Waals surface area contributed by atoms with E-state index in [1.54, 1.807) is 18.3 Å². The molecule has 0 fully saturated rings. The van der Waals surface area contributed by atoms with Gasteiger partial charge in [-0.25, -0.2) is 0 Å². The molecular weight excluding hydrogens is 262 g/mol. The largest absolute Gasteiger partial charge is 0.468 e. The molecule has 2 aromatic heterocycles. The van der Waals surface area contributed by atoms with Gasteiger partial charge in [0.15, 0.2) is 5.76 Å². The second-order valence-corrected chi connectivity index (χ2v) is 4.08. The van der Waals surface area contributed by atoms with E-state index in [9.17, 15) is 9.59 Å². The molecular formula is C13H15N3O4. The van der Waals surface area contributed by atoms with Crippen molar-refractivity contribution in [2.24, 2.45) is 0 Å². The topological polar surface area (TPSA) is 86.4 Å². The number of esters is 1. The maximum atomic E-state index is 11.9. The second kappa shape index (κ2) is 6.05. The first-order valence-electron chi connectivity index (χ1n) is 6.11. The normalized spacial score (nSPS) is 10.3. The highest BCUT2D eigenvalue weighted by atomic mass is 16.5. The van der Waals surface area contributed by atoms with Gasteiger partial charge in [-0.2, -0.15) is 5.10 Å². The van der Waals surface area contributed by atoms with Crippen molar-refractivity contribution in [1.29, 1.82) is 0 Å². The molecule has 0 aromatic carbocycles. The monoisotopic (exact) mass is 277 g/mol. The third-order valence-corrected chi connectivity index (χ3v) is 2.64. The number of carbonyl (C=O) groups is 2. The van der Waals surface area contributed by atoms with Gasteiger partial charge in [0, 0.05) is 12.6 Å². The highest BCUT2D eigenvalue weighted by Crippen LogP contribution is 2.12. The van der Waals surface area contributed by atoms with Gasteiger partial charge in [-0.1, -0.05) is 6.92 Å². The Labute approximate surface area is 115 Å². The summed E-state index contributed by atoms with van der Waals surface area (Å²) in [4.78, 5) is 23.0. The summed E-state index contributed by atoms with van der Waals surface area (Å²) in [6, 6.07) is 3.38. The van der Waals surface area contributed by atoms with Crippen molar-refractivity contribution in [2.45, 2.75) is 19.9 Å². The highest BCUT2D eigenvalue weighted by Gasteiger charge is 2.12. The number of rotatable bonds is 5. The van der Waals surface area contributed by atoms with Crippen LogP contribution >= 0.6 is 0 Å². The molecule has 0 aliphatic carbocycles. The molecule has 0 atom stereocenters. The number of aryl methyl sites for hydroxylation is 1. The molecule has 2 aromatic rings. The molecule has 0 bridgehead atoms. The molecule has 0 saturated heterocycles. The van der Waals surface area contributed by atoms with Crippen LogP contribution in [0.15, 0.2) is 28.9 Å². The van der Waals surface area contributed by atoms with Crippen molar-refractivity contribution in [1.82, 2.24) is 9.78 Å². The molecule has 106 valence electrons. The fraction of sp³-hybridized carbons (Fsp3) is 0.308. The first-order valence-corrected chi connectivity index (χ1v) is 6.11. The minimum atomic E-state index is -0.412. The lowest BCUT2D eigenvalue weighted by Gasteiger charge is -1.99. The molecule has 7 nitrogen and oxygen atoms in total. The summed E-state index contributed by atoms with van der Waals surface area (Å²) in [7, 11) is 1.30. The van der Waals surface area contributed by atoms with E-state index in [2.05, 4.69) is 15.2 Å². The van der Waals surface area contributed by atoms with E-state index in [0.717, 1.165) is 12.2 Å². The second-order valence-electron chi connectivity index (χ2n) is 4.08. The summed E-state index contributed by atoms with van der Waals surface area (Å²) in [5.74, 6) is 0.214. The molecule has 2 heterocycles. The van der Waals surface area contributed by atoms with Gasteiger partial charge in [0.25, 0.3) is 5.91 Å². The van der Waals surface area contributed by atoms with Crippen LogP contribution in [-0.2, 0) is 22.5 Å². The Morgan fingerprint density at radius 2 is 2.25 bits per heavy atom. The summed E-state index contributed by atoms with van der Waals surface area (Å²) in [5.41, 5.74) is 0.480. The van der Waals surface area contributed by atoms with Gasteiger partial charge in [0.1, 0.15) is 12.3 Å². The molecule has 20 heavy (non-hydrogen) atoms. The van der Waals surface area contributed by atoms with E-state index in [-0.39, 0.29) is 18.2 Å². The van der Waals surface area contributed by atoms with Gasteiger partial charge < -0.3 is 14.5 Å². The zero-order valence-corrected chi connectivity index (χ0v) is 11.3. The lowest BCUT2D eigenvalue weighted by molar-refractivity contribution is -0.141. The lowest BCUT2D eigenvalue weighted by Crippen LogP contribution is -2.12. The number of amides is 1. The average Bonchev–Trinajstić information content (AvgIpc) is 3.07. The Morgan fingerprint density at radius 3 is 2.90 bits per heavy atom.